The van der Waals surface area contributed by atoms with Crippen molar-refractivity contribution in [2.24, 2.45) is 0 Å². The Hall–Kier alpha value is -6.18. The maximum atomic E-state index is 2.51. The van der Waals surface area contributed by atoms with Crippen LogP contribution in [0.2, 0.25) is 0 Å². The van der Waals surface area contributed by atoms with E-state index in [1.807, 2.05) is 0 Å². The van der Waals surface area contributed by atoms with Crippen molar-refractivity contribution in [3.63, 3.8) is 0 Å². The Morgan fingerprint density at radius 1 is 0.380 bits per heavy atom. The van der Waals surface area contributed by atoms with Crippen LogP contribution in [-0.4, -0.2) is 4.57 Å². The molecule has 0 radical (unpaired) electrons. The third-order valence-electron chi connectivity index (χ3n) is 10.9. The Labute approximate surface area is 292 Å². The van der Waals surface area contributed by atoms with Crippen molar-refractivity contribution in [2.75, 3.05) is 0 Å². The smallest absolute Gasteiger partial charge is 0.0588 e. The highest BCUT2D eigenvalue weighted by Gasteiger charge is 2.39. The van der Waals surface area contributed by atoms with Gasteiger partial charge in [-0.25, -0.2) is 0 Å². The average molecular weight is 638 g/mol. The van der Waals surface area contributed by atoms with E-state index in [-0.39, 0.29) is 5.41 Å². The van der Waals surface area contributed by atoms with E-state index in [1.165, 1.54) is 93.9 Å². The maximum Gasteiger partial charge on any atom is 0.0588 e. The molecule has 0 N–H and O–H groups in total. The summed E-state index contributed by atoms with van der Waals surface area (Å²) in [5.74, 6) is 0. The van der Waals surface area contributed by atoms with E-state index in [4.69, 9.17) is 0 Å². The van der Waals surface area contributed by atoms with Crippen molar-refractivity contribution in [2.45, 2.75) is 19.3 Å². The molecule has 8 aromatic carbocycles. The lowest BCUT2D eigenvalue weighted by atomic mass is 9.79. The number of fused-ring (bicyclic) bond motifs is 9. The molecule has 0 bridgehead atoms. The minimum Gasteiger partial charge on any atom is -0.309 e. The summed E-state index contributed by atoms with van der Waals surface area (Å²) in [6.07, 6.45) is 0. The van der Waals surface area contributed by atoms with Gasteiger partial charge < -0.3 is 4.57 Å². The van der Waals surface area contributed by atoms with Crippen molar-refractivity contribution >= 4 is 32.6 Å². The molecule has 9 aromatic rings. The van der Waals surface area contributed by atoms with E-state index in [0.29, 0.717) is 0 Å². The quantitative estimate of drug-likeness (QED) is 0.181. The van der Waals surface area contributed by atoms with Crippen molar-refractivity contribution < 1.29 is 0 Å². The first-order chi connectivity index (χ1) is 24.6. The van der Waals surface area contributed by atoms with Crippen LogP contribution in [0.3, 0.4) is 0 Å². The predicted molar refractivity (Wildman–Crippen MR) is 212 cm³/mol. The van der Waals surface area contributed by atoms with E-state index in [0.717, 1.165) is 0 Å². The fourth-order valence-corrected chi connectivity index (χ4v) is 8.67. The molecule has 236 valence electrons. The topological polar surface area (TPSA) is 4.93 Å². The van der Waals surface area contributed by atoms with E-state index in [2.05, 4.69) is 194 Å². The molecule has 1 heterocycles. The fraction of sp³-hybridized carbons (Fsp3) is 0.0612. The number of rotatable bonds is 4. The van der Waals surface area contributed by atoms with Gasteiger partial charge in [-0.3, -0.25) is 0 Å². The molecule has 0 unspecified atom stereocenters. The first kappa shape index (κ1) is 28.8. The predicted octanol–water partition coefficient (Wildman–Crippen LogP) is 13.2. The van der Waals surface area contributed by atoms with E-state index in [1.54, 1.807) is 0 Å². The lowest BCUT2D eigenvalue weighted by Crippen LogP contribution is -2.17. The Balaban J connectivity index is 1.17. The van der Waals surface area contributed by atoms with Gasteiger partial charge in [-0.1, -0.05) is 153 Å². The second-order valence-corrected chi connectivity index (χ2v) is 14.1. The summed E-state index contributed by atoms with van der Waals surface area (Å²) >= 11 is 0. The minimum absolute atomic E-state index is 0.178. The second kappa shape index (κ2) is 10.9. The summed E-state index contributed by atoms with van der Waals surface area (Å²) < 4.78 is 2.51. The van der Waals surface area contributed by atoms with Gasteiger partial charge in [-0.2, -0.15) is 0 Å². The van der Waals surface area contributed by atoms with Crippen LogP contribution in [0.4, 0.5) is 0 Å². The highest BCUT2D eigenvalue weighted by Crippen LogP contribution is 2.55. The highest BCUT2D eigenvalue weighted by atomic mass is 15.0. The average Bonchev–Trinajstić information content (AvgIpc) is 3.64. The standard InChI is InChI=1S/C49H35N/c1-49(2)46-40-18-10-9-17-35(40)23-26-42(46)43-27-28-44-41-19-11-12-20-45(41)50(48(44)47(43)49)39-24-21-34(22-25-39)38-30-36(32-13-5-3-6-14-32)29-37(31-38)33-15-7-4-8-16-33/h3-31H,1-2H3. The lowest BCUT2D eigenvalue weighted by molar-refractivity contribution is 0.670. The Bertz CT molecular complexity index is 2690. The molecule has 1 aliphatic rings. The molecule has 0 saturated heterocycles. The van der Waals surface area contributed by atoms with Gasteiger partial charge in [0.2, 0.25) is 0 Å². The summed E-state index contributed by atoms with van der Waals surface area (Å²) in [6.45, 7) is 4.83. The molecular weight excluding hydrogens is 603 g/mol. The Kier molecular flexibility index (Phi) is 6.29. The van der Waals surface area contributed by atoms with Crippen LogP contribution in [0, 0.1) is 0 Å². The largest absolute Gasteiger partial charge is 0.309 e. The first-order valence-corrected chi connectivity index (χ1v) is 17.5. The highest BCUT2D eigenvalue weighted by molar-refractivity contribution is 6.14. The van der Waals surface area contributed by atoms with Crippen LogP contribution in [0.1, 0.15) is 25.0 Å². The molecule has 0 saturated carbocycles. The number of nitrogens with zero attached hydrogens (tertiary/aromatic N) is 1. The summed E-state index contributed by atoms with van der Waals surface area (Å²) in [5.41, 5.74) is 16.4. The van der Waals surface area contributed by atoms with Gasteiger partial charge in [0.05, 0.1) is 11.0 Å². The van der Waals surface area contributed by atoms with E-state index in [9.17, 15) is 0 Å². The zero-order chi connectivity index (χ0) is 33.4. The number of hydrogen-bond donors (Lipinski definition) is 0. The van der Waals surface area contributed by atoms with Crippen molar-refractivity contribution in [3.05, 3.63) is 187 Å². The molecule has 1 heteroatoms. The zero-order valence-electron chi connectivity index (χ0n) is 28.2. The summed E-state index contributed by atoms with van der Waals surface area (Å²) in [6, 6.07) is 64.6. The van der Waals surface area contributed by atoms with Crippen LogP contribution in [0.5, 0.6) is 0 Å². The molecule has 1 aromatic heterocycles. The fourth-order valence-electron chi connectivity index (χ4n) is 8.67. The normalized spacial score (nSPS) is 13.2. The maximum absolute atomic E-state index is 2.51. The van der Waals surface area contributed by atoms with Gasteiger partial charge in [-0.15, -0.1) is 0 Å². The number of aromatic nitrogens is 1. The molecule has 0 aliphatic heterocycles. The van der Waals surface area contributed by atoms with Crippen molar-refractivity contribution in [1.82, 2.24) is 4.57 Å². The van der Waals surface area contributed by atoms with Gasteiger partial charge in [0.15, 0.2) is 0 Å². The van der Waals surface area contributed by atoms with Gasteiger partial charge in [0.1, 0.15) is 0 Å². The molecule has 0 fully saturated rings. The van der Waals surface area contributed by atoms with Crippen LogP contribution >= 0.6 is 0 Å². The second-order valence-electron chi connectivity index (χ2n) is 14.1. The lowest BCUT2D eigenvalue weighted by Gasteiger charge is -2.25. The molecule has 0 spiro atoms. The van der Waals surface area contributed by atoms with E-state index >= 15 is 0 Å². The van der Waals surface area contributed by atoms with Crippen molar-refractivity contribution in [1.29, 1.82) is 0 Å². The van der Waals surface area contributed by atoms with Crippen molar-refractivity contribution in [3.8, 4) is 50.2 Å². The van der Waals surface area contributed by atoms with Crippen LogP contribution in [0.15, 0.2) is 176 Å². The van der Waals surface area contributed by atoms with E-state index < -0.39 is 0 Å². The SMILES string of the molecule is CC1(C)c2c(ccc3ccccc23)-c2ccc3c4ccccc4n(-c4ccc(-c5cc(-c6ccccc6)cc(-c6ccccc6)c5)cc4)c3c21. The third-order valence-corrected chi connectivity index (χ3v) is 10.9. The summed E-state index contributed by atoms with van der Waals surface area (Å²) in [7, 11) is 0. The summed E-state index contributed by atoms with van der Waals surface area (Å²) in [5, 5.41) is 5.23. The molecular formula is C49H35N. The number of benzene rings is 8. The van der Waals surface area contributed by atoms with Crippen LogP contribution in [-0.2, 0) is 5.41 Å². The molecule has 0 atom stereocenters. The number of hydrogen-bond acceptors (Lipinski definition) is 0. The number of para-hydroxylation sites is 1. The zero-order valence-corrected chi connectivity index (χ0v) is 28.2. The first-order valence-electron chi connectivity index (χ1n) is 17.5. The Morgan fingerprint density at radius 2 is 0.900 bits per heavy atom. The van der Waals surface area contributed by atoms with Gasteiger partial charge >= 0.3 is 0 Å². The van der Waals surface area contributed by atoms with Gasteiger partial charge in [0.25, 0.3) is 0 Å². The minimum atomic E-state index is -0.178. The van der Waals surface area contributed by atoms with Gasteiger partial charge in [-0.05, 0) is 103 Å². The Morgan fingerprint density at radius 3 is 1.56 bits per heavy atom. The molecule has 50 heavy (non-hydrogen) atoms. The molecule has 0 amide bonds. The van der Waals surface area contributed by atoms with Crippen LogP contribution in [0.25, 0.3) is 82.8 Å². The molecule has 1 nitrogen and oxygen atoms in total. The molecule has 1 aliphatic carbocycles. The molecule has 10 rings (SSSR count). The van der Waals surface area contributed by atoms with Gasteiger partial charge in [0, 0.05) is 21.9 Å². The van der Waals surface area contributed by atoms with Crippen LogP contribution < -0.4 is 0 Å². The monoisotopic (exact) mass is 637 g/mol. The third kappa shape index (κ3) is 4.27. The summed E-state index contributed by atoms with van der Waals surface area (Å²) in [4.78, 5) is 0.